The standard InChI is InChI=1S/C12H10INO2/c13-10-1-3-11(4-2-10)16-12-7-14-6-5-9(12)8-15/h1-7,15H,8H2. The van der Waals surface area contributed by atoms with Gasteiger partial charge >= 0.3 is 0 Å². The first kappa shape index (κ1) is 11.3. The number of hydrogen-bond donors (Lipinski definition) is 1. The Morgan fingerprint density at radius 2 is 1.94 bits per heavy atom. The van der Waals surface area contributed by atoms with Gasteiger partial charge in [0.1, 0.15) is 5.75 Å². The minimum absolute atomic E-state index is 0.0534. The van der Waals surface area contributed by atoms with E-state index in [1.54, 1.807) is 18.5 Å². The molecule has 0 amide bonds. The zero-order chi connectivity index (χ0) is 11.4. The van der Waals surface area contributed by atoms with Crippen molar-refractivity contribution < 1.29 is 9.84 Å². The molecule has 0 bridgehead atoms. The molecular weight excluding hydrogens is 317 g/mol. The molecule has 2 rings (SSSR count). The van der Waals surface area contributed by atoms with Crippen molar-refractivity contribution in [3.8, 4) is 11.5 Å². The first-order valence-electron chi connectivity index (χ1n) is 4.77. The largest absolute Gasteiger partial charge is 0.455 e. The molecule has 0 spiro atoms. The van der Waals surface area contributed by atoms with Gasteiger partial charge in [0.15, 0.2) is 5.75 Å². The molecule has 0 fully saturated rings. The van der Waals surface area contributed by atoms with Crippen molar-refractivity contribution >= 4 is 22.6 Å². The van der Waals surface area contributed by atoms with Crippen LogP contribution in [0.1, 0.15) is 5.56 Å². The highest BCUT2D eigenvalue weighted by Gasteiger charge is 2.03. The normalized spacial score (nSPS) is 10.1. The monoisotopic (exact) mass is 327 g/mol. The highest BCUT2D eigenvalue weighted by molar-refractivity contribution is 14.1. The number of aliphatic hydroxyl groups is 1. The molecular formula is C12H10INO2. The molecule has 0 saturated carbocycles. The second-order valence-corrected chi connectivity index (χ2v) is 4.44. The number of nitrogens with zero attached hydrogens (tertiary/aromatic N) is 1. The number of benzene rings is 1. The van der Waals surface area contributed by atoms with Crippen LogP contribution in [0.15, 0.2) is 42.7 Å². The van der Waals surface area contributed by atoms with Gasteiger partial charge in [-0.15, -0.1) is 0 Å². The van der Waals surface area contributed by atoms with Gasteiger partial charge in [0.2, 0.25) is 0 Å². The maximum absolute atomic E-state index is 9.13. The average molecular weight is 327 g/mol. The molecule has 1 heterocycles. The fraction of sp³-hybridized carbons (Fsp3) is 0.0833. The Hall–Kier alpha value is -1.14. The van der Waals surface area contributed by atoms with Crippen molar-refractivity contribution in [3.63, 3.8) is 0 Å². The molecule has 16 heavy (non-hydrogen) atoms. The number of aliphatic hydroxyl groups excluding tert-OH is 1. The molecule has 82 valence electrons. The van der Waals surface area contributed by atoms with Gasteiger partial charge < -0.3 is 9.84 Å². The van der Waals surface area contributed by atoms with Gasteiger partial charge in [0.25, 0.3) is 0 Å². The van der Waals surface area contributed by atoms with Crippen molar-refractivity contribution in [3.05, 3.63) is 51.9 Å². The van der Waals surface area contributed by atoms with Crippen LogP contribution < -0.4 is 4.74 Å². The SMILES string of the molecule is OCc1ccncc1Oc1ccc(I)cc1. The van der Waals surface area contributed by atoms with Crippen molar-refractivity contribution in [2.45, 2.75) is 6.61 Å². The van der Waals surface area contributed by atoms with Crippen LogP contribution in [-0.2, 0) is 6.61 Å². The molecule has 4 heteroatoms. The number of aromatic nitrogens is 1. The van der Waals surface area contributed by atoms with E-state index < -0.39 is 0 Å². The lowest BCUT2D eigenvalue weighted by Crippen LogP contribution is -1.92. The Morgan fingerprint density at radius 1 is 1.19 bits per heavy atom. The third kappa shape index (κ3) is 2.70. The highest BCUT2D eigenvalue weighted by atomic mass is 127. The summed E-state index contributed by atoms with van der Waals surface area (Å²) in [7, 11) is 0. The first-order valence-corrected chi connectivity index (χ1v) is 5.84. The van der Waals surface area contributed by atoms with E-state index in [0.29, 0.717) is 5.75 Å². The fourth-order valence-corrected chi connectivity index (χ4v) is 1.62. The molecule has 2 aromatic rings. The summed E-state index contributed by atoms with van der Waals surface area (Å²) in [6.07, 6.45) is 3.23. The molecule has 0 aliphatic heterocycles. The minimum Gasteiger partial charge on any atom is -0.455 e. The van der Waals surface area contributed by atoms with E-state index in [9.17, 15) is 0 Å². The van der Waals surface area contributed by atoms with Gasteiger partial charge in [-0.25, -0.2) is 0 Å². The van der Waals surface area contributed by atoms with Crippen LogP contribution in [0, 0.1) is 3.57 Å². The Kier molecular flexibility index (Phi) is 3.74. The van der Waals surface area contributed by atoms with Crippen LogP contribution in [0.3, 0.4) is 0 Å². The summed E-state index contributed by atoms with van der Waals surface area (Å²) in [5.74, 6) is 1.33. The zero-order valence-electron chi connectivity index (χ0n) is 8.43. The van der Waals surface area contributed by atoms with Gasteiger partial charge in [-0.2, -0.15) is 0 Å². The maximum Gasteiger partial charge on any atom is 0.151 e. The van der Waals surface area contributed by atoms with E-state index in [4.69, 9.17) is 9.84 Å². The van der Waals surface area contributed by atoms with E-state index in [1.807, 2.05) is 24.3 Å². The Morgan fingerprint density at radius 3 is 2.62 bits per heavy atom. The van der Waals surface area contributed by atoms with Gasteiger partial charge in [0.05, 0.1) is 12.8 Å². The molecule has 0 radical (unpaired) electrons. The molecule has 0 unspecified atom stereocenters. The van der Waals surface area contributed by atoms with Crippen LogP contribution in [0.5, 0.6) is 11.5 Å². The van der Waals surface area contributed by atoms with Crippen molar-refractivity contribution in [1.29, 1.82) is 0 Å². The van der Waals surface area contributed by atoms with Crippen LogP contribution in [0.2, 0.25) is 0 Å². The Bertz CT molecular complexity index is 471. The summed E-state index contributed by atoms with van der Waals surface area (Å²) >= 11 is 2.23. The Balaban J connectivity index is 2.23. The summed E-state index contributed by atoms with van der Waals surface area (Å²) in [5, 5.41) is 9.13. The number of ether oxygens (including phenoxy) is 1. The third-order valence-corrected chi connectivity index (χ3v) is 2.80. The molecule has 1 aromatic heterocycles. The van der Waals surface area contributed by atoms with Gasteiger partial charge in [-0.1, -0.05) is 0 Å². The fourth-order valence-electron chi connectivity index (χ4n) is 1.26. The lowest BCUT2D eigenvalue weighted by molar-refractivity contribution is 0.276. The lowest BCUT2D eigenvalue weighted by atomic mass is 10.2. The quantitative estimate of drug-likeness (QED) is 0.882. The van der Waals surface area contributed by atoms with Crippen LogP contribution in [0.25, 0.3) is 0 Å². The zero-order valence-corrected chi connectivity index (χ0v) is 10.6. The highest BCUT2D eigenvalue weighted by Crippen LogP contribution is 2.24. The second kappa shape index (κ2) is 5.27. The summed E-state index contributed by atoms with van der Waals surface area (Å²) in [6, 6.07) is 9.43. The number of rotatable bonds is 3. The third-order valence-electron chi connectivity index (χ3n) is 2.08. The number of halogens is 1. The van der Waals surface area contributed by atoms with E-state index in [0.717, 1.165) is 14.9 Å². The van der Waals surface area contributed by atoms with Crippen molar-refractivity contribution in [2.24, 2.45) is 0 Å². The summed E-state index contributed by atoms with van der Waals surface area (Å²) in [4.78, 5) is 3.97. The lowest BCUT2D eigenvalue weighted by Gasteiger charge is -2.08. The second-order valence-electron chi connectivity index (χ2n) is 3.20. The predicted molar refractivity (Wildman–Crippen MR) is 69.4 cm³/mol. The van der Waals surface area contributed by atoms with Gasteiger partial charge in [-0.05, 0) is 52.9 Å². The number of hydrogen-bond acceptors (Lipinski definition) is 3. The molecule has 0 saturated heterocycles. The molecule has 3 nitrogen and oxygen atoms in total. The van der Waals surface area contributed by atoms with E-state index in [1.165, 1.54) is 0 Å². The van der Waals surface area contributed by atoms with E-state index in [-0.39, 0.29) is 6.61 Å². The van der Waals surface area contributed by atoms with Gasteiger partial charge in [-0.3, -0.25) is 4.98 Å². The number of pyridine rings is 1. The molecule has 0 aliphatic carbocycles. The molecule has 1 N–H and O–H groups in total. The van der Waals surface area contributed by atoms with Crippen molar-refractivity contribution in [1.82, 2.24) is 4.98 Å². The van der Waals surface area contributed by atoms with Gasteiger partial charge in [0, 0.05) is 15.3 Å². The molecule has 0 atom stereocenters. The Labute approximate surface area is 107 Å². The van der Waals surface area contributed by atoms with Crippen LogP contribution in [0.4, 0.5) is 0 Å². The minimum atomic E-state index is -0.0534. The molecule has 0 aliphatic rings. The molecule has 1 aromatic carbocycles. The maximum atomic E-state index is 9.13. The summed E-state index contributed by atoms with van der Waals surface area (Å²) < 4.78 is 6.78. The van der Waals surface area contributed by atoms with E-state index >= 15 is 0 Å². The summed E-state index contributed by atoms with van der Waals surface area (Å²) in [6.45, 7) is -0.0534. The van der Waals surface area contributed by atoms with Crippen LogP contribution >= 0.6 is 22.6 Å². The average Bonchev–Trinajstić information content (AvgIpc) is 2.33. The smallest absolute Gasteiger partial charge is 0.151 e. The predicted octanol–water partition coefficient (Wildman–Crippen LogP) is 2.97. The van der Waals surface area contributed by atoms with E-state index in [2.05, 4.69) is 27.6 Å². The topological polar surface area (TPSA) is 42.4 Å². The summed E-state index contributed by atoms with van der Waals surface area (Å²) in [5.41, 5.74) is 0.730. The van der Waals surface area contributed by atoms with Crippen molar-refractivity contribution in [2.75, 3.05) is 0 Å². The van der Waals surface area contributed by atoms with Crippen LogP contribution in [-0.4, -0.2) is 10.1 Å². The first-order chi connectivity index (χ1) is 7.79.